The van der Waals surface area contributed by atoms with Gasteiger partial charge in [0.05, 0.1) is 12.2 Å². The molecular weight excluding hydrogens is 350 g/mol. The molecule has 0 aromatic carbocycles. The van der Waals surface area contributed by atoms with E-state index in [1.54, 1.807) is 0 Å². The van der Waals surface area contributed by atoms with E-state index in [0.29, 0.717) is 12.0 Å². The van der Waals surface area contributed by atoms with E-state index in [1.807, 2.05) is 13.8 Å². The SMILES string of the molecule is CCNC(=NCC1CCN(Cc2nc(C)c(C)o2)CC1)NC(C)CCC(C)C. The Hall–Kier alpha value is -1.56. The lowest BCUT2D eigenvalue weighted by atomic mass is 9.97. The van der Waals surface area contributed by atoms with E-state index in [9.17, 15) is 0 Å². The third-order valence-electron chi connectivity index (χ3n) is 5.55. The van der Waals surface area contributed by atoms with Crippen LogP contribution in [-0.2, 0) is 6.54 Å². The normalized spacial score (nSPS) is 17.9. The maximum absolute atomic E-state index is 5.73. The number of aryl methyl sites for hydroxylation is 2. The van der Waals surface area contributed by atoms with E-state index in [-0.39, 0.29) is 0 Å². The highest BCUT2D eigenvalue weighted by Crippen LogP contribution is 2.20. The molecule has 1 aromatic heterocycles. The molecule has 0 bridgehead atoms. The average Bonchev–Trinajstić information content (AvgIpc) is 2.96. The molecule has 28 heavy (non-hydrogen) atoms. The smallest absolute Gasteiger partial charge is 0.208 e. The number of likely N-dealkylation sites (tertiary alicyclic amines) is 1. The number of rotatable bonds is 9. The fraction of sp³-hybridized carbons (Fsp3) is 0.818. The Morgan fingerprint density at radius 3 is 2.50 bits per heavy atom. The van der Waals surface area contributed by atoms with Gasteiger partial charge in [0, 0.05) is 19.1 Å². The molecule has 1 saturated heterocycles. The van der Waals surface area contributed by atoms with Crippen LogP contribution in [0.4, 0.5) is 0 Å². The number of oxazole rings is 1. The fourth-order valence-corrected chi connectivity index (χ4v) is 3.55. The predicted octanol–water partition coefficient (Wildman–Crippen LogP) is 3.88. The van der Waals surface area contributed by atoms with Crippen molar-refractivity contribution in [3.05, 3.63) is 17.3 Å². The highest BCUT2D eigenvalue weighted by atomic mass is 16.4. The minimum absolute atomic E-state index is 0.453. The lowest BCUT2D eigenvalue weighted by Crippen LogP contribution is -2.43. The van der Waals surface area contributed by atoms with Crippen molar-refractivity contribution in [3.8, 4) is 0 Å². The molecule has 1 fully saturated rings. The minimum Gasteiger partial charge on any atom is -0.444 e. The first-order chi connectivity index (χ1) is 13.4. The van der Waals surface area contributed by atoms with Gasteiger partial charge in [-0.25, -0.2) is 4.98 Å². The van der Waals surface area contributed by atoms with Crippen LogP contribution in [0.15, 0.2) is 9.41 Å². The number of aromatic nitrogens is 1. The van der Waals surface area contributed by atoms with Crippen LogP contribution in [0.1, 0.15) is 70.7 Å². The van der Waals surface area contributed by atoms with Gasteiger partial charge in [0.1, 0.15) is 5.76 Å². The van der Waals surface area contributed by atoms with Gasteiger partial charge in [0.25, 0.3) is 0 Å². The molecule has 1 aliphatic rings. The number of hydrogen-bond acceptors (Lipinski definition) is 4. The van der Waals surface area contributed by atoms with Crippen molar-refractivity contribution >= 4 is 5.96 Å². The van der Waals surface area contributed by atoms with Crippen LogP contribution in [0.25, 0.3) is 0 Å². The fourth-order valence-electron chi connectivity index (χ4n) is 3.55. The summed E-state index contributed by atoms with van der Waals surface area (Å²) in [6.45, 7) is 17.7. The van der Waals surface area contributed by atoms with Gasteiger partial charge >= 0.3 is 0 Å². The highest BCUT2D eigenvalue weighted by molar-refractivity contribution is 5.80. The second-order valence-electron chi connectivity index (χ2n) is 8.70. The zero-order chi connectivity index (χ0) is 20.5. The molecule has 0 spiro atoms. The monoisotopic (exact) mass is 391 g/mol. The summed E-state index contributed by atoms with van der Waals surface area (Å²) in [4.78, 5) is 11.8. The lowest BCUT2D eigenvalue weighted by Gasteiger charge is -2.30. The Kier molecular flexibility index (Phi) is 9.29. The van der Waals surface area contributed by atoms with Gasteiger partial charge in [0.15, 0.2) is 5.96 Å². The van der Waals surface area contributed by atoms with Crippen LogP contribution in [-0.4, -0.2) is 48.1 Å². The van der Waals surface area contributed by atoms with Crippen LogP contribution in [0.5, 0.6) is 0 Å². The van der Waals surface area contributed by atoms with E-state index >= 15 is 0 Å². The Balaban J connectivity index is 1.75. The average molecular weight is 392 g/mol. The Labute approximate surface area is 171 Å². The summed E-state index contributed by atoms with van der Waals surface area (Å²) in [6.07, 6.45) is 4.80. The van der Waals surface area contributed by atoms with E-state index in [1.165, 1.54) is 25.7 Å². The first-order valence-corrected chi connectivity index (χ1v) is 11.1. The van der Waals surface area contributed by atoms with Crippen LogP contribution >= 0.6 is 0 Å². The summed E-state index contributed by atoms with van der Waals surface area (Å²) in [5.74, 6) is 4.15. The summed E-state index contributed by atoms with van der Waals surface area (Å²) >= 11 is 0. The van der Waals surface area contributed by atoms with Gasteiger partial charge < -0.3 is 15.1 Å². The third kappa shape index (κ3) is 7.82. The maximum atomic E-state index is 5.73. The largest absolute Gasteiger partial charge is 0.444 e. The van der Waals surface area contributed by atoms with Crippen molar-refractivity contribution in [1.29, 1.82) is 0 Å². The van der Waals surface area contributed by atoms with E-state index in [4.69, 9.17) is 9.41 Å². The lowest BCUT2D eigenvalue weighted by molar-refractivity contribution is 0.166. The standard InChI is InChI=1S/C22H41N5O/c1-7-23-22(25-17(4)9-8-16(2)3)24-14-20-10-12-27(13-11-20)15-21-26-18(5)19(6)28-21/h16-17,20H,7-15H2,1-6H3,(H2,23,24,25). The molecule has 6 nitrogen and oxygen atoms in total. The quantitative estimate of drug-likeness (QED) is 0.494. The van der Waals surface area contributed by atoms with Crippen LogP contribution in [0.2, 0.25) is 0 Å². The Morgan fingerprint density at radius 2 is 1.93 bits per heavy atom. The topological polar surface area (TPSA) is 65.7 Å². The van der Waals surface area contributed by atoms with Crippen molar-refractivity contribution in [1.82, 2.24) is 20.5 Å². The molecule has 1 unspecified atom stereocenters. The van der Waals surface area contributed by atoms with Crippen molar-refractivity contribution in [3.63, 3.8) is 0 Å². The second-order valence-corrected chi connectivity index (χ2v) is 8.70. The summed E-state index contributed by atoms with van der Waals surface area (Å²) in [7, 11) is 0. The summed E-state index contributed by atoms with van der Waals surface area (Å²) in [6, 6.07) is 0.453. The number of piperidine rings is 1. The zero-order valence-electron chi connectivity index (χ0n) is 18.8. The van der Waals surface area contributed by atoms with Crippen LogP contribution in [0, 0.1) is 25.7 Å². The second kappa shape index (κ2) is 11.4. The van der Waals surface area contributed by atoms with Crippen molar-refractivity contribution < 1.29 is 4.42 Å². The van der Waals surface area contributed by atoms with Gasteiger partial charge in [-0.2, -0.15) is 0 Å². The molecule has 160 valence electrons. The molecule has 0 saturated carbocycles. The number of hydrogen-bond donors (Lipinski definition) is 2. The zero-order valence-corrected chi connectivity index (χ0v) is 18.8. The molecular formula is C22H41N5O. The number of nitrogens with zero attached hydrogens (tertiary/aromatic N) is 3. The number of aliphatic imine (C=N–C) groups is 1. The van der Waals surface area contributed by atoms with Gasteiger partial charge in [-0.05, 0) is 78.3 Å². The Morgan fingerprint density at radius 1 is 1.21 bits per heavy atom. The van der Waals surface area contributed by atoms with Gasteiger partial charge in [0.2, 0.25) is 5.89 Å². The molecule has 6 heteroatoms. The minimum atomic E-state index is 0.453. The van der Waals surface area contributed by atoms with Crippen molar-refractivity contribution in [2.24, 2.45) is 16.8 Å². The van der Waals surface area contributed by atoms with Gasteiger partial charge in [-0.15, -0.1) is 0 Å². The molecule has 1 aliphatic heterocycles. The molecule has 2 N–H and O–H groups in total. The molecule has 1 atom stereocenters. The maximum Gasteiger partial charge on any atom is 0.208 e. The number of guanidine groups is 1. The van der Waals surface area contributed by atoms with Crippen LogP contribution in [0.3, 0.4) is 0 Å². The van der Waals surface area contributed by atoms with Gasteiger partial charge in [-0.1, -0.05) is 13.8 Å². The molecule has 1 aromatic rings. The molecule has 0 amide bonds. The molecule has 0 aliphatic carbocycles. The first kappa shape index (κ1) is 22.7. The highest BCUT2D eigenvalue weighted by Gasteiger charge is 2.21. The van der Waals surface area contributed by atoms with Crippen molar-refractivity contribution in [2.45, 2.75) is 79.8 Å². The molecule has 2 rings (SSSR count). The Bertz CT molecular complexity index is 583. The van der Waals surface area contributed by atoms with Crippen molar-refractivity contribution in [2.75, 3.05) is 26.2 Å². The summed E-state index contributed by atoms with van der Waals surface area (Å²) in [5, 5.41) is 6.97. The molecule has 2 heterocycles. The van der Waals surface area contributed by atoms with Crippen LogP contribution < -0.4 is 10.6 Å². The third-order valence-corrected chi connectivity index (χ3v) is 5.55. The van der Waals surface area contributed by atoms with E-state index < -0.39 is 0 Å². The van der Waals surface area contributed by atoms with Gasteiger partial charge in [-0.3, -0.25) is 9.89 Å². The van der Waals surface area contributed by atoms with E-state index in [0.717, 1.165) is 61.9 Å². The van der Waals surface area contributed by atoms with E-state index in [2.05, 4.69) is 48.2 Å². The predicted molar refractivity (Wildman–Crippen MR) is 117 cm³/mol. The molecule has 0 radical (unpaired) electrons. The first-order valence-electron chi connectivity index (χ1n) is 11.1. The number of nitrogens with one attached hydrogen (secondary N) is 2. The summed E-state index contributed by atoms with van der Waals surface area (Å²) in [5.41, 5.74) is 1.00. The summed E-state index contributed by atoms with van der Waals surface area (Å²) < 4.78 is 5.73.